The van der Waals surface area contributed by atoms with E-state index >= 15 is 0 Å². The summed E-state index contributed by atoms with van der Waals surface area (Å²) in [5.41, 5.74) is 2.50. The van der Waals surface area contributed by atoms with E-state index in [-0.39, 0.29) is 24.8 Å². The van der Waals surface area contributed by atoms with E-state index < -0.39 is 6.04 Å². The highest BCUT2D eigenvalue weighted by atomic mass is 35.5. The average molecular weight is 497 g/mol. The predicted octanol–water partition coefficient (Wildman–Crippen LogP) is 6.47. The van der Waals surface area contributed by atoms with Crippen molar-refractivity contribution in [1.82, 2.24) is 10.2 Å². The van der Waals surface area contributed by atoms with Crippen LogP contribution >= 0.6 is 23.2 Å². The summed E-state index contributed by atoms with van der Waals surface area (Å²) in [5.74, 6) is 0.127. The van der Waals surface area contributed by atoms with Crippen molar-refractivity contribution in [1.29, 1.82) is 0 Å². The zero-order chi connectivity index (χ0) is 24.5. The first kappa shape index (κ1) is 25.8. The molecule has 1 N–H and O–H groups in total. The molecule has 0 aromatic heterocycles. The van der Waals surface area contributed by atoms with Crippen LogP contribution in [0.5, 0.6) is 0 Å². The van der Waals surface area contributed by atoms with Crippen molar-refractivity contribution in [3.63, 3.8) is 0 Å². The lowest BCUT2D eigenvalue weighted by molar-refractivity contribution is -0.141. The van der Waals surface area contributed by atoms with Gasteiger partial charge < -0.3 is 10.2 Å². The van der Waals surface area contributed by atoms with E-state index in [1.807, 2.05) is 54.6 Å². The van der Waals surface area contributed by atoms with Crippen molar-refractivity contribution in [2.45, 2.75) is 39.3 Å². The molecular formula is C28H30Cl2N2O2. The van der Waals surface area contributed by atoms with Crippen molar-refractivity contribution in [2.24, 2.45) is 5.92 Å². The molecule has 0 spiro atoms. The Hall–Kier alpha value is -2.82. The van der Waals surface area contributed by atoms with E-state index in [4.69, 9.17) is 23.2 Å². The molecular weight excluding hydrogens is 467 g/mol. The largest absolute Gasteiger partial charge is 0.354 e. The highest BCUT2D eigenvalue weighted by Crippen LogP contribution is 2.26. The van der Waals surface area contributed by atoms with Gasteiger partial charge >= 0.3 is 0 Å². The molecule has 0 aliphatic rings. The predicted molar refractivity (Wildman–Crippen MR) is 139 cm³/mol. The van der Waals surface area contributed by atoms with Gasteiger partial charge in [0, 0.05) is 23.1 Å². The fraction of sp³-hybridized carbons (Fsp3) is 0.286. The normalized spacial score (nSPS) is 11.8. The summed E-state index contributed by atoms with van der Waals surface area (Å²) < 4.78 is 0. The van der Waals surface area contributed by atoms with Gasteiger partial charge in [-0.2, -0.15) is 0 Å². The van der Waals surface area contributed by atoms with Crippen LogP contribution < -0.4 is 5.32 Å². The maximum absolute atomic E-state index is 13.7. The smallest absolute Gasteiger partial charge is 0.247 e. The molecule has 0 saturated heterocycles. The fourth-order valence-corrected chi connectivity index (χ4v) is 3.93. The van der Waals surface area contributed by atoms with E-state index in [1.165, 1.54) is 0 Å². The van der Waals surface area contributed by atoms with E-state index in [0.29, 0.717) is 22.5 Å². The van der Waals surface area contributed by atoms with Crippen LogP contribution in [0.1, 0.15) is 43.0 Å². The Bertz CT molecular complexity index is 1070. The Morgan fingerprint density at radius 1 is 0.824 bits per heavy atom. The lowest BCUT2D eigenvalue weighted by atomic mass is 10.0. The zero-order valence-corrected chi connectivity index (χ0v) is 21.0. The number of rotatable bonds is 10. The van der Waals surface area contributed by atoms with E-state index in [9.17, 15) is 9.59 Å². The van der Waals surface area contributed by atoms with Crippen molar-refractivity contribution in [3.05, 3.63) is 106 Å². The molecule has 0 aliphatic heterocycles. The van der Waals surface area contributed by atoms with Gasteiger partial charge in [0.2, 0.25) is 11.8 Å². The van der Waals surface area contributed by atoms with E-state index in [0.717, 1.165) is 23.1 Å². The molecule has 0 saturated carbocycles. The second-order valence-corrected chi connectivity index (χ2v) is 9.61. The molecule has 3 aromatic carbocycles. The van der Waals surface area contributed by atoms with Gasteiger partial charge in [-0.05, 0) is 53.3 Å². The van der Waals surface area contributed by atoms with Gasteiger partial charge in [0.25, 0.3) is 0 Å². The summed E-state index contributed by atoms with van der Waals surface area (Å²) in [6, 6.07) is 23.2. The number of carbonyl (C=O) groups is 2. The van der Waals surface area contributed by atoms with Crippen LogP contribution in [-0.4, -0.2) is 23.3 Å². The minimum absolute atomic E-state index is 0.148. The van der Waals surface area contributed by atoms with Gasteiger partial charge in [0.15, 0.2) is 0 Å². The summed E-state index contributed by atoms with van der Waals surface area (Å²) >= 11 is 12.1. The van der Waals surface area contributed by atoms with E-state index in [2.05, 4.69) is 19.2 Å². The summed E-state index contributed by atoms with van der Waals surface area (Å²) in [6.07, 6.45) is 1.02. The van der Waals surface area contributed by atoms with Gasteiger partial charge in [0.05, 0.1) is 6.42 Å². The van der Waals surface area contributed by atoms with Gasteiger partial charge in [-0.1, -0.05) is 91.6 Å². The summed E-state index contributed by atoms with van der Waals surface area (Å²) in [5, 5.41) is 4.27. The fourth-order valence-electron chi connectivity index (χ4n) is 3.68. The molecule has 4 nitrogen and oxygen atoms in total. The average Bonchev–Trinajstić information content (AvgIpc) is 2.82. The third kappa shape index (κ3) is 7.61. The number of benzene rings is 3. The second kappa shape index (κ2) is 12.6. The van der Waals surface area contributed by atoms with Crippen LogP contribution in [0.4, 0.5) is 0 Å². The molecule has 0 aliphatic carbocycles. The first-order valence-corrected chi connectivity index (χ1v) is 12.2. The highest BCUT2D eigenvalue weighted by Gasteiger charge is 2.31. The molecule has 3 aromatic rings. The third-order valence-electron chi connectivity index (χ3n) is 5.55. The Labute approximate surface area is 211 Å². The Kier molecular flexibility index (Phi) is 9.55. The molecule has 2 amide bonds. The number of hydrogen-bond acceptors (Lipinski definition) is 2. The minimum Gasteiger partial charge on any atom is -0.354 e. The standard InChI is InChI=1S/C28H30Cl2N2O2/c1-20(2)16-17-31-28(34)27(23-6-4-3-5-7-23)32(19-22-10-14-25(30)15-11-22)26(33)18-21-8-12-24(29)13-9-21/h3-15,20,27H,16-19H2,1-2H3,(H,31,34). The maximum atomic E-state index is 13.7. The SMILES string of the molecule is CC(C)CCNC(=O)C(c1ccccc1)N(Cc1ccc(Cl)cc1)C(=O)Cc1ccc(Cl)cc1. The van der Waals surface area contributed by atoms with Gasteiger partial charge in [0.1, 0.15) is 6.04 Å². The molecule has 1 unspecified atom stereocenters. The van der Waals surface area contributed by atoms with Gasteiger partial charge in [-0.15, -0.1) is 0 Å². The van der Waals surface area contributed by atoms with Crippen molar-refractivity contribution < 1.29 is 9.59 Å². The van der Waals surface area contributed by atoms with Crippen LogP contribution in [0.3, 0.4) is 0 Å². The van der Waals surface area contributed by atoms with Crippen molar-refractivity contribution >= 4 is 35.0 Å². The topological polar surface area (TPSA) is 49.4 Å². The summed E-state index contributed by atoms with van der Waals surface area (Å²) in [7, 11) is 0. The lowest BCUT2D eigenvalue weighted by Gasteiger charge is -2.32. The van der Waals surface area contributed by atoms with Gasteiger partial charge in [-0.25, -0.2) is 0 Å². The van der Waals surface area contributed by atoms with Gasteiger partial charge in [-0.3, -0.25) is 9.59 Å². The third-order valence-corrected chi connectivity index (χ3v) is 6.06. The molecule has 3 rings (SSSR count). The maximum Gasteiger partial charge on any atom is 0.247 e. The Morgan fingerprint density at radius 3 is 1.94 bits per heavy atom. The van der Waals surface area contributed by atoms with Crippen LogP contribution in [-0.2, 0) is 22.6 Å². The quantitative estimate of drug-likeness (QED) is 0.349. The Balaban J connectivity index is 1.95. The molecule has 1 atom stereocenters. The lowest BCUT2D eigenvalue weighted by Crippen LogP contribution is -2.44. The number of nitrogens with zero attached hydrogens (tertiary/aromatic N) is 1. The number of nitrogens with one attached hydrogen (secondary N) is 1. The molecule has 34 heavy (non-hydrogen) atoms. The first-order valence-electron chi connectivity index (χ1n) is 11.4. The molecule has 0 heterocycles. The molecule has 0 bridgehead atoms. The highest BCUT2D eigenvalue weighted by molar-refractivity contribution is 6.30. The molecule has 178 valence electrons. The molecule has 0 radical (unpaired) electrons. The second-order valence-electron chi connectivity index (χ2n) is 8.74. The Morgan fingerprint density at radius 2 is 1.38 bits per heavy atom. The van der Waals surface area contributed by atoms with Crippen LogP contribution in [0.25, 0.3) is 0 Å². The minimum atomic E-state index is -0.760. The zero-order valence-electron chi connectivity index (χ0n) is 19.5. The summed E-state index contributed by atoms with van der Waals surface area (Å²) in [4.78, 5) is 28.8. The monoisotopic (exact) mass is 496 g/mol. The first-order chi connectivity index (χ1) is 16.3. The molecule has 0 fully saturated rings. The van der Waals surface area contributed by atoms with E-state index in [1.54, 1.807) is 29.2 Å². The van der Waals surface area contributed by atoms with Crippen LogP contribution in [0, 0.1) is 5.92 Å². The van der Waals surface area contributed by atoms with Crippen molar-refractivity contribution in [3.8, 4) is 0 Å². The van der Waals surface area contributed by atoms with Crippen molar-refractivity contribution in [2.75, 3.05) is 6.54 Å². The number of carbonyl (C=O) groups excluding carboxylic acids is 2. The molecule has 6 heteroatoms. The summed E-state index contributed by atoms with van der Waals surface area (Å²) in [6.45, 7) is 5.06. The van der Waals surface area contributed by atoms with Crippen LogP contribution in [0.15, 0.2) is 78.9 Å². The number of amides is 2. The van der Waals surface area contributed by atoms with Crippen LogP contribution in [0.2, 0.25) is 10.0 Å². The number of halogens is 2. The number of hydrogen-bond donors (Lipinski definition) is 1.